The van der Waals surface area contributed by atoms with Crippen molar-refractivity contribution >= 4 is 0 Å². The van der Waals surface area contributed by atoms with Crippen LogP contribution in [0.2, 0.25) is 0 Å². The van der Waals surface area contributed by atoms with Gasteiger partial charge in [-0.2, -0.15) is 0 Å². The van der Waals surface area contributed by atoms with Crippen LogP contribution in [0.5, 0.6) is 0 Å². The second kappa shape index (κ2) is 4.43. The fraction of sp³-hybridized carbons (Fsp3) is 0.818. The van der Waals surface area contributed by atoms with Gasteiger partial charge < -0.3 is 14.2 Å². The minimum absolute atomic E-state index is 0.486. The van der Waals surface area contributed by atoms with Crippen molar-refractivity contribution in [1.29, 1.82) is 0 Å². The van der Waals surface area contributed by atoms with Gasteiger partial charge in [-0.05, 0) is 20.3 Å². The lowest BCUT2D eigenvalue weighted by atomic mass is 10.2. The molecule has 0 aliphatic carbocycles. The van der Waals surface area contributed by atoms with Crippen LogP contribution in [-0.2, 0) is 14.2 Å². The van der Waals surface area contributed by atoms with E-state index in [1.54, 1.807) is 7.11 Å². The van der Waals surface area contributed by atoms with Crippen LogP contribution in [0.25, 0.3) is 0 Å². The molecule has 2 unspecified atom stereocenters. The van der Waals surface area contributed by atoms with E-state index >= 15 is 0 Å². The zero-order chi connectivity index (χ0) is 10.7. The molecule has 1 heterocycles. The number of allylic oxidation sites excluding steroid dienone is 1. The maximum Gasteiger partial charge on any atom is 0.191 e. The zero-order valence-corrected chi connectivity index (χ0v) is 9.50. The quantitative estimate of drug-likeness (QED) is 0.652. The molecule has 14 heavy (non-hydrogen) atoms. The average molecular weight is 200 g/mol. The van der Waals surface area contributed by atoms with Gasteiger partial charge >= 0.3 is 0 Å². The minimum atomic E-state index is -0.588. The highest BCUT2D eigenvalue weighted by atomic mass is 16.8. The molecule has 0 spiro atoms. The maximum atomic E-state index is 5.74. The van der Waals surface area contributed by atoms with E-state index in [2.05, 4.69) is 19.1 Å². The Morgan fingerprint density at radius 2 is 2.07 bits per heavy atom. The summed E-state index contributed by atoms with van der Waals surface area (Å²) in [5.41, 5.74) is 0. The molecule has 0 aromatic heterocycles. The molecule has 0 bridgehead atoms. The van der Waals surface area contributed by atoms with E-state index in [1.807, 2.05) is 13.8 Å². The molecule has 3 heteroatoms. The van der Waals surface area contributed by atoms with Gasteiger partial charge in [0.15, 0.2) is 11.6 Å². The van der Waals surface area contributed by atoms with Crippen LogP contribution >= 0.6 is 0 Å². The molecule has 1 fully saturated rings. The van der Waals surface area contributed by atoms with Crippen molar-refractivity contribution in [1.82, 2.24) is 0 Å². The Labute approximate surface area is 86.0 Å². The summed E-state index contributed by atoms with van der Waals surface area (Å²) < 4.78 is 16.6. The Morgan fingerprint density at radius 3 is 2.57 bits per heavy atom. The van der Waals surface area contributed by atoms with Crippen LogP contribution in [0.4, 0.5) is 0 Å². The van der Waals surface area contributed by atoms with Crippen LogP contribution in [0.3, 0.4) is 0 Å². The SMILES string of the molecule is CC/C=C/CC1(C)OCC(C)(OC)O1. The van der Waals surface area contributed by atoms with Gasteiger partial charge in [0, 0.05) is 13.5 Å². The van der Waals surface area contributed by atoms with Crippen molar-refractivity contribution in [3.8, 4) is 0 Å². The Kier molecular flexibility index (Phi) is 3.70. The van der Waals surface area contributed by atoms with E-state index in [9.17, 15) is 0 Å². The molecule has 1 rings (SSSR count). The highest BCUT2D eigenvalue weighted by molar-refractivity contribution is 4.89. The van der Waals surface area contributed by atoms with Crippen molar-refractivity contribution in [3.05, 3.63) is 12.2 Å². The third-order valence-corrected chi connectivity index (χ3v) is 2.39. The van der Waals surface area contributed by atoms with Crippen molar-refractivity contribution in [2.75, 3.05) is 13.7 Å². The Balaban J connectivity index is 2.49. The van der Waals surface area contributed by atoms with Crippen LogP contribution in [-0.4, -0.2) is 25.3 Å². The van der Waals surface area contributed by atoms with Gasteiger partial charge in [-0.15, -0.1) is 0 Å². The third-order valence-electron chi connectivity index (χ3n) is 2.39. The molecule has 0 saturated carbocycles. The van der Waals surface area contributed by atoms with Gasteiger partial charge in [-0.1, -0.05) is 19.1 Å². The Morgan fingerprint density at radius 1 is 1.36 bits per heavy atom. The number of rotatable bonds is 4. The van der Waals surface area contributed by atoms with Crippen molar-refractivity contribution in [2.24, 2.45) is 0 Å². The predicted molar refractivity (Wildman–Crippen MR) is 54.9 cm³/mol. The highest BCUT2D eigenvalue weighted by Gasteiger charge is 2.44. The molecule has 1 aliphatic rings. The summed E-state index contributed by atoms with van der Waals surface area (Å²) in [5.74, 6) is -1.12. The van der Waals surface area contributed by atoms with E-state index in [1.165, 1.54) is 0 Å². The van der Waals surface area contributed by atoms with Gasteiger partial charge in [-0.25, -0.2) is 0 Å². The summed E-state index contributed by atoms with van der Waals surface area (Å²) in [6.45, 7) is 6.42. The number of hydrogen-bond donors (Lipinski definition) is 0. The highest BCUT2D eigenvalue weighted by Crippen LogP contribution is 2.33. The van der Waals surface area contributed by atoms with Gasteiger partial charge in [0.2, 0.25) is 0 Å². The number of ether oxygens (including phenoxy) is 3. The molecule has 0 N–H and O–H groups in total. The van der Waals surface area contributed by atoms with Crippen LogP contribution < -0.4 is 0 Å². The molecule has 82 valence electrons. The Bertz CT molecular complexity index is 215. The lowest BCUT2D eigenvalue weighted by Gasteiger charge is -2.25. The smallest absolute Gasteiger partial charge is 0.191 e. The lowest BCUT2D eigenvalue weighted by molar-refractivity contribution is -0.239. The first kappa shape index (κ1) is 11.7. The van der Waals surface area contributed by atoms with Gasteiger partial charge in [0.25, 0.3) is 0 Å². The summed E-state index contributed by atoms with van der Waals surface area (Å²) in [6, 6.07) is 0. The normalized spacial score (nSPS) is 38.3. The summed E-state index contributed by atoms with van der Waals surface area (Å²) in [5, 5.41) is 0. The second-order valence-electron chi connectivity index (χ2n) is 3.95. The molecular formula is C11H20O3. The standard InChI is InChI=1S/C11H20O3/c1-5-6-7-8-10(2)13-9-11(3,12-4)14-10/h6-7H,5,8-9H2,1-4H3/b7-6+. The van der Waals surface area contributed by atoms with Crippen molar-refractivity contribution in [3.63, 3.8) is 0 Å². The molecule has 2 atom stereocenters. The summed E-state index contributed by atoms with van der Waals surface area (Å²) in [4.78, 5) is 0. The summed E-state index contributed by atoms with van der Waals surface area (Å²) in [6.07, 6.45) is 6.00. The van der Waals surface area contributed by atoms with E-state index < -0.39 is 11.6 Å². The molecular weight excluding hydrogens is 180 g/mol. The number of methoxy groups -OCH3 is 1. The topological polar surface area (TPSA) is 27.7 Å². The molecule has 0 radical (unpaired) electrons. The van der Waals surface area contributed by atoms with E-state index in [-0.39, 0.29) is 0 Å². The summed E-state index contributed by atoms with van der Waals surface area (Å²) in [7, 11) is 1.64. The molecule has 3 nitrogen and oxygen atoms in total. The molecule has 1 saturated heterocycles. The first-order valence-electron chi connectivity index (χ1n) is 5.08. The van der Waals surface area contributed by atoms with Gasteiger partial charge in [-0.3, -0.25) is 0 Å². The molecule has 1 aliphatic heterocycles. The van der Waals surface area contributed by atoms with E-state index in [4.69, 9.17) is 14.2 Å². The molecule has 0 aromatic carbocycles. The largest absolute Gasteiger partial charge is 0.351 e. The first-order valence-corrected chi connectivity index (χ1v) is 5.08. The van der Waals surface area contributed by atoms with Crippen molar-refractivity contribution in [2.45, 2.75) is 45.2 Å². The van der Waals surface area contributed by atoms with Gasteiger partial charge in [0.1, 0.15) is 6.61 Å². The fourth-order valence-corrected chi connectivity index (χ4v) is 1.46. The van der Waals surface area contributed by atoms with Crippen molar-refractivity contribution < 1.29 is 14.2 Å². The maximum absolute atomic E-state index is 5.74. The average Bonchev–Trinajstić information content (AvgIpc) is 2.45. The Hall–Kier alpha value is -0.380. The van der Waals surface area contributed by atoms with E-state index in [0.29, 0.717) is 6.61 Å². The zero-order valence-electron chi connectivity index (χ0n) is 9.50. The van der Waals surface area contributed by atoms with Crippen LogP contribution in [0.15, 0.2) is 12.2 Å². The molecule has 0 amide bonds. The molecule has 0 aromatic rings. The number of hydrogen-bond acceptors (Lipinski definition) is 3. The third kappa shape index (κ3) is 2.80. The van der Waals surface area contributed by atoms with E-state index in [0.717, 1.165) is 12.8 Å². The lowest BCUT2D eigenvalue weighted by Crippen LogP contribution is -2.33. The van der Waals surface area contributed by atoms with Crippen LogP contribution in [0, 0.1) is 0 Å². The minimum Gasteiger partial charge on any atom is -0.351 e. The first-order chi connectivity index (χ1) is 6.54. The summed E-state index contributed by atoms with van der Waals surface area (Å²) >= 11 is 0. The fourth-order valence-electron chi connectivity index (χ4n) is 1.46. The predicted octanol–water partition coefficient (Wildman–Crippen LogP) is 2.47. The van der Waals surface area contributed by atoms with Gasteiger partial charge in [0.05, 0.1) is 0 Å². The monoisotopic (exact) mass is 200 g/mol. The van der Waals surface area contributed by atoms with Crippen LogP contribution in [0.1, 0.15) is 33.6 Å². The second-order valence-corrected chi connectivity index (χ2v) is 3.95.